The van der Waals surface area contributed by atoms with Crippen LogP contribution in [0.5, 0.6) is 0 Å². The summed E-state index contributed by atoms with van der Waals surface area (Å²) < 4.78 is 38.0. The van der Waals surface area contributed by atoms with Crippen molar-refractivity contribution in [3.05, 3.63) is 39.0 Å². The number of nitrogens with one attached hydrogen (secondary N) is 1. The average Bonchev–Trinajstić information content (AvgIpc) is 2.75. The van der Waals surface area contributed by atoms with E-state index in [9.17, 15) is 13.2 Å². The molecule has 2 rings (SSSR count). The van der Waals surface area contributed by atoms with Crippen LogP contribution in [0.3, 0.4) is 0 Å². The largest absolute Gasteiger partial charge is 0.417 e. The predicted octanol–water partition coefficient (Wildman–Crippen LogP) is 5.06. The molecule has 0 saturated heterocycles. The van der Waals surface area contributed by atoms with Crippen LogP contribution in [0.4, 0.5) is 13.2 Å². The number of aromatic amines is 1. The molecule has 96 valence electrons. The fourth-order valence-corrected chi connectivity index (χ4v) is 2.36. The maximum absolute atomic E-state index is 12.7. The maximum Gasteiger partial charge on any atom is 0.417 e. The molecule has 0 atom stereocenters. The summed E-state index contributed by atoms with van der Waals surface area (Å²) in [5, 5.41) is 5.24. The van der Waals surface area contributed by atoms with Crippen LogP contribution in [0.25, 0.3) is 11.3 Å². The van der Waals surface area contributed by atoms with E-state index in [-0.39, 0.29) is 15.6 Å². The summed E-state index contributed by atoms with van der Waals surface area (Å²) in [5.74, 6) is 0. The molecule has 18 heavy (non-hydrogen) atoms. The molecule has 0 aliphatic carbocycles. The van der Waals surface area contributed by atoms with Gasteiger partial charge in [0.15, 0.2) is 0 Å². The average molecular weight is 316 g/mol. The van der Waals surface area contributed by atoms with Crippen molar-refractivity contribution in [1.82, 2.24) is 10.2 Å². The Kier molecular flexibility index (Phi) is 3.49. The zero-order valence-electron chi connectivity index (χ0n) is 8.45. The molecule has 1 N–H and O–H groups in total. The summed E-state index contributed by atoms with van der Waals surface area (Å²) in [6.45, 7) is 0. The molecule has 0 aliphatic heterocycles. The normalized spacial score (nSPS) is 11.9. The van der Waals surface area contributed by atoms with Crippen LogP contribution in [-0.4, -0.2) is 10.2 Å². The van der Waals surface area contributed by atoms with Gasteiger partial charge in [-0.05, 0) is 12.1 Å². The number of hydrogen-bond donors (Lipinski definition) is 1. The summed E-state index contributed by atoms with van der Waals surface area (Å²) in [5.41, 5.74) is -0.489. The zero-order valence-corrected chi connectivity index (χ0v) is 10.7. The fourth-order valence-electron chi connectivity index (χ4n) is 1.44. The van der Waals surface area contributed by atoms with Crippen LogP contribution in [0.2, 0.25) is 15.1 Å². The van der Waals surface area contributed by atoms with E-state index < -0.39 is 16.8 Å². The lowest BCUT2D eigenvalue weighted by Gasteiger charge is -2.14. The molecule has 1 heterocycles. The zero-order chi connectivity index (χ0) is 13.5. The van der Waals surface area contributed by atoms with Gasteiger partial charge in [-0.1, -0.05) is 34.8 Å². The number of halogens is 6. The summed E-state index contributed by atoms with van der Waals surface area (Å²) in [6.07, 6.45) is -3.19. The predicted molar refractivity (Wildman–Crippen MR) is 64.1 cm³/mol. The van der Waals surface area contributed by atoms with Crippen LogP contribution in [-0.2, 0) is 6.18 Å². The Morgan fingerprint density at radius 2 is 1.78 bits per heavy atom. The van der Waals surface area contributed by atoms with Crippen molar-refractivity contribution in [2.24, 2.45) is 0 Å². The molecule has 0 amide bonds. The van der Waals surface area contributed by atoms with Crippen LogP contribution in [0, 0.1) is 0 Å². The molecule has 0 aliphatic rings. The monoisotopic (exact) mass is 314 g/mol. The van der Waals surface area contributed by atoms with Gasteiger partial charge in [0.25, 0.3) is 0 Å². The summed E-state index contributed by atoms with van der Waals surface area (Å²) in [4.78, 5) is 0. The highest BCUT2D eigenvalue weighted by molar-refractivity contribution is 6.46. The second-order valence-corrected chi connectivity index (χ2v) is 4.54. The van der Waals surface area contributed by atoms with Gasteiger partial charge >= 0.3 is 6.18 Å². The van der Waals surface area contributed by atoms with Crippen molar-refractivity contribution in [2.45, 2.75) is 6.18 Å². The number of rotatable bonds is 1. The topological polar surface area (TPSA) is 28.7 Å². The van der Waals surface area contributed by atoms with E-state index in [4.69, 9.17) is 34.8 Å². The molecular weight excluding hydrogens is 311 g/mol. The first kappa shape index (κ1) is 13.5. The van der Waals surface area contributed by atoms with Crippen molar-refractivity contribution in [2.75, 3.05) is 0 Å². The Morgan fingerprint density at radius 1 is 1.11 bits per heavy atom. The first-order valence-corrected chi connectivity index (χ1v) is 5.70. The molecule has 0 bridgehead atoms. The Labute approximate surface area is 115 Å². The second kappa shape index (κ2) is 4.64. The van der Waals surface area contributed by atoms with Crippen molar-refractivity contribution in [3.63, 3.8) is 0 Å². The van der Waals surface area contributed by atoms with Gasteiger partial charge in [-0.3, -0.25) is 5.10 Å². The molecule has 2 aromatic rings. The van der Waals surface area contributed by atoms with Crippen LogP contribution in [0.15, 0.2) is 18.3 Å². The van der Waals surface area contributed by atoms with Gasteiger partial charge in [0.05, 0.1) is 26.3 Å². The van der Waals surface area contributed by atoms with Gasteiger partial charge in [0, 0.05) is 11.8 Å². The van der Waals surface area contributed by atoms with Crippen molar-refractivity contribution < 1.29 is 13.2 Å². The molecular formula is C10H4Cl3F3N2. The first-order chi connectivity index (χ1) is 8.32. The minimum atomic E-state index is -4.61. The van der Waals surface area contributed by atoms with E-state index >= 15 is 0 Å². The molecule has 0 fully saturated rings. The smallest absolute Gasteiger partial charge is 0.278 e. The third-order valence-corrected chi connectivity index (χ3v) is 3.40. The lowest BCUT2D eigenvalue weighted by Crippen LogP contribution is -2.06. The SMILES string of the molecule is FC(F)(F)c1cc(Cl)c(-c2ccn[nH]2)c(Cl)c1Cl. The highest BCUT2D eigenvalue weighted by atomic mass is 35.5. The molecule has 1 aromatic heterocycles. The third-order valence-electron chi connectivity index (χ3n) is 2.23. The quantitative estimate of drug-likeness (QED) is 0.732. The van der Waals surface area contributed by atoms with Crippen molar-refractivity contribution in [3.8, 4) is 11.3 Å². The lowest BCUT2D eigenvalue weighted by atomic mass is 10.1. The van der Waals surface area contributed by atoms with E-state index in [1.54, 1.807) is 0 Å². The Hall–Kier alpha value is -0.910. The van der Waals surface area contributed by atoms with Gasteiger partial charge in [-0.25, -0.2) is 0 Å². The number of benzene rings is 1. The van der Waals surface area contributed by atoms with Crippen molar-refractivity contribution in [1.29, 1.82) is 0 Å². The fraction of sp³-hybridized carbons (Fsp3) is 0.100. The third kappa shape index (κ3) is 2.30. The Bertz CT molecular complexity index is 579. The van der Waals surface area contributed by atoms with E-state index in [2.05, 4.69) is 10.2 Å². The van der Waals surface area contributed by atoms with Gasteiger partial charge in [-0.15, -0.1) is 0 Å². The molecule has 0 spiro atoms. The molecule has 2 nitrogen and oxygen atoms in total. The summed E-state index contributed by atoms with van der Waals surface area (Å²) in [6, 6.07) is 2.27. The molecule has 8 heteroatoms. The van der Waals surface area contributed by atoms with Gasteiger partial charge in [-0.2, -0.15) is 18.3 Å². The minimum absolute atomic E-state index is 0.152. The molecule has 1 aromatic carbocycles. The molecule has 0 unspecified atom stereocenters. The number of aromatic nitrogens is 2. The first-order valence-electron chi connectivity index (χ1n) is 4.57. The van der Waals surface area contributed by atoms with Gasteiger partial charge in [0.2, 0.25) is 0 Å². The standard InChI is InChI=1S/C10H4Cl3F3N2/c11-5-3-4(10(14,15)16)8(12)9(13)7(5)6-1-2-17-18-6/h1-3H,(H,17,18). The van der Waals surface area contributed by atoms with E-state index in [0.717, 1.165) is 6.07 Å². The Balaban J connectivity index is 2.70. The van der Waals surface area contributed by atoms with E-state index in [1.165, 1.54) is 12.3 Å². The number of H-pyrrole nitrogens is 1. The van der Waals surface area contributed by atoms with Crippen LogP contribution in [0.1, 0.15) is 5.56 Å². The van der Waals surface area contributed by atoms with Crippen molar-refractivity contribution >= 4 is 34.8 Å². The summed E-state index contributed by atoms with van der Waals surface area (Å²) in [7, 11) is 0. The second-order valence-electron chi connectivity index (χ2n) is 3.38. The van der Waals surface area contributed by atoms with Gasteiger partial charge in [0.1, 0.15) is 0 Å². The number of alkyl halides is 3. The highest BCUT2D eigenvalue weighted by Gasteiger charge is 2.35. The van der Waals surface area contributed by atoms with Crippen LogP contribution >= 0.6 is 34.8 Å². The van der Waals surface area contributed by atoms with E-state index in [1.807, 2.05) is 0 Å². The minimum Gasteiger partial charge on any atom is -0.278 e. The van der Waals surface area contributed by atoms with E-state index in [0.29, 0.717) is 5.69 Å². The molecule has 0 saturated carbocycles. The number of nitrogens with zero attached hydrogens (tertiary/aromatic N) is 1. The van der Waals surface area contributed by atoms with Gasteiger partial charge < -0.3 is 0 Å². The van der Waals surface area contributed by atoms with Crippen LogP contribution < -0.4 is 0 Å². The number of hydrogen-bond acceptors (Lipinski definition) is 1. The maximum atomic E-state index is 12.7. The lowest BCUT2D eigenvalue weighted by molar-refractivity contribution is -0.137. The molecule has 0 radical (unpaired) electrons. The highest BCUT2D eigenvalue weighted by Crippen LogP contribution is 2.45. The summed E-state index contributed by atoms with van der Waals surface area (Å²) >= 11 is 17.3. The Morgan fingerprint density at radius 3 is 2.28 bits per heavy atom.